The quantitative estimate of drug-likeness (QED) is 0.661. The van der Waals surface area contributed by atoms with Crippen LogP contribution in [0, 0.1) is 11.3 Å². The number of hydrogen-bond acceptors (Lipinski definition) is 4. The lowest BCUT2D eigenvalue weighted by atomic mass is 9.85. The zero-order valence-electron chi connectivity index (χ0n) is 12.7. The molecule has 1 saturated heterocycles. The summed E-state index contributed by atoms with van der Waals surface area (Å²) in [7, 11) is 0. The lowest BCUT2D eigenvalue weighted by Gasteiger charge is -2.36. The maximum atomic E-state index is 12.4. The van der Waals surface area contributed by atoms with Crippen molar-refractivity contribution in [2.24, 2.45) is 17.1 Å². The van der Waals surface area contributed by atoms with E-state index < -0.39 is 6.04 Å². The van der Waals surface area contributed by atoms with Crippen molar-refractivity contribution in [1.29, 1.82) is 0 Å². The fraction of sp³-hybridized carbons (Fsp3) is 0.857. The summed E-state index contributed by atoms with van der Waals surface area (Å²) in [6.45, 7) is 7.06. The monoisotopic (exact) mass is 285 g/mol. The van der Waals surface area contributed by atoms with E-state index >= 15 is 0 Å². The number of carbonyl (C=O) groups is 2. The average molecular weight is 285 g/mol. The second-order valence-corrected chi connectivity index (χ2v) is 6.48. The van der Waals surface area contributed by atoms with Gasteiger partial charge in [-0.1, -0.05) is 20.8 Å². The van der Waals surface area contributed by atoms with Crippen molar-refractivity contribution in [3.05, 3.63) is 0 Å². The smallest absolute Gasteiger partial charge is 0.240 e. The van der Waals surface area contributed by atoms with Crippen LogP contribution in [-0.4, -0.2) is 54.1 Å². The molecule has 6 nitrogen and oxygen atoms in total. The molecule has 6 heteroatoms. The van der Waals surface area contributed by atoms with Gasteiger partial charge in [0.2, 0.25) is 11.8 Å². The van der Waals surface area contributed by atoms with Gasteiger partial charge in [-0.05, 0) is 18.3 Å². The van der Waals surface area contributed by atoms with Crippen molar-refractivity contribution in [1.82, 2.24) is 10.2 Å². The van der Waals surface area contributed by atoms with E-state index in [1.165, 1.54) is 0 Å². The van der Waals surface area contributed by atoms with Crippen molar-refractivity contribution in [3.63, 3.8) is 0 Å². The van der Waals surface area contributed by atoms with Crippen molar-refractivity contribution < 1.29 is 14.7 Å². The largest absolute Gasteiger partial charge is 0.395 e. The van der Waals surface area contributed by atoms with Gasteiger partial charge in [-0.2, -0.15) is 0 Å². The Morgan fingerprint density at radius 1 is 1.45 bits per heavy atom. The number of aliphatic hydroxyl groups excluding tert-OH is 1. The zero-order valence-corrected chi connectivity index (χ0v) is 12.7. The van der Waals surface area contributed by atoms with E-state index in [2.05, 4.69) is 5.32 Å². The van der Waals surface area contributed by atoms with Crippen LogP contribution in [0.5, 0.6) is 0 Å². The average Bonchev–Trinajstić information content (AvgIpc) is 2.42. The maximum Gasteiger partial charge on any atom is 0.240 e. The molecular weight excluding hydrogens is 258 g/mol. The molecule has 116 valence electrons. The summed E-state index contributed by atoms with van der Waals surface area (Å²) in [4.78, 5) is 26.0. The Kier molecular flexibility index (Phi) is 5.95. The lowest BCUT2D eigenvalue weighted by Crippen LogP contribution is -2.54. The van der Waals surface area contributed by atoms with Crippen LogP contribution in [0.25, 0.3) is 0 Å². The highest BCUT2D eigenvalue weighted by atomic mass is 16.3. The van der Waals surface area contributed by atoms with E-state index in [-0.39, 0.29) is 36.3 Å². The molecule has 0 aromatic carbocycles. The van der Waals surface area contributed by atoms with E-state index in [9.17, 15) is 9.59 Å². The van der Waals surface area contributed by atoms with E-state index in [1.807, 2.05) is 20.8 Å². The molecule has 2 unspecified atom stereocenters. The number of nitrogens with two attached hydrogens (primary N) is 1. The Balaban J connectivity index is 2.60. The summed E-state index contributed by atoms with van der Waals surface area (Å²) in [5, 5.41) is 11.4. The first-order valence-corrected chi connectivity index (χ1v) is 7.20. The van der Waals surface area contributed by atoms with E-state index in [4.69, 9.17) is 10.8 Å². The standard InChI is InChI=1S/C14H27N3O3/c1-14(2,3)11(15)13(20)17-7-4-5-10(9-17)12(19)16-6-8-18/h10-11,18H,4-9,15H2,1-3H3,(H,16,19). The number of amides is 2. The third-order valence-electron chi connectivity index (χ3n) is 3.71. The molecule has 2 atom stereocenters. The first-order valence-electron chi connectivity index (χ1n) is 7.20. The van der Waals surface area contributed by atoms with Gasteiger partial charge in [-0.25, -0.2) is 0 Å². The number of likely N-dealkylation sites (tertiary alicyclic amines) is 1. The molecule has 0 aliphatic carbocycles. The van der Waals surface area contributed by atoms with Gasteiger partial charge in [0.1, 0.15) is 0 Å². The zero-order chi connectivity index (χ0) is 15.3. The minimum atomic E-state index is -0.554. The molecule has 1 rings (SSSR count). The maximum absolute atomic E-state index is 12.4. The van der Waals surface area contributed by atoms with Crippen LogP contribution in [-0.2, 0) is 9.59 Å². The van der Waals surface area contributed by atoms with Gasteiger partial charge in [-0.15, -0.1) is 0 Å². The van der Waals surface area contributed by atoms with Crippen LogP contribution in [0.15, 0.2) is 0 Å². The predicted molar refractivity (Wildman–Crippen MR) is 76.8 cm³/mol. The molecule has 20 heavy (non-hydrogen) atoms. The van der Waals surface area contributed by atoms with Gasteiger partial charge in [0.05, 0.1) is 18.6 Å². The summed E-state index contributed by atoms with van der Waals surface area (Å²) >= 11 is 0. The molecule has 1 aliphatic heterocycles. The Morgan fingerprint density at radius 3 is 2.65 bits per heavy atom. The molecule has 0 radical (unpaired) electrons. The molecule has 2 amide bonds. The molecule has 1 heterocycles. The van der Waals surface area contributed by atoms with Crippen molar-refractivity contribution in [2.75, 3.05) is 26.2 Å². The number of carbonyl (C=O) groups excluding carboxylic acids is 2. The minimum Gasteiger partial charge on any atom is -0.395 e. The molecule has 4 N–H and O–H groups in total. The third kappa shape index (κ3) is 4.45. The highest BCUT2D eigenvalue weighted by Crippen LogP contribution is 2.22. The van der Waals surface area contributed by atoms with Gasteiger partial charge >= 0.3 is 0 Å². The molecular formula is C14H27N3O3. The Morgan fingerprint density at radius 2 is 2.10 bits per heavy atom. The molecule has 1 fully saturated rings. The van der Waals surface area contributed by atoms with Crippen LogP contribution in [0.3, 0.4) is 0 Å². The summed E-state index contributed by atoms with van der Waals surface area (Å²) in [5.74, 6) is -0.385. The molecule has 0 saturated carbocycles. The Labute approximate surface area is 120 Å². The highest BCUT2D eigenvalue weighted by molar-refractivity contribution is 5.84. The minimum absolute atomic E-state index is 0.0734. The summed E-state index contributed by atoms with van der Waals surface area (Å²) in [6.07, 6.45) is 1.58. The van der Waals surface area contributed by atoms with E-state index in [0.29, 0.717) is 13.1 Å². The number of aliphatic hydroxyl groups is 1. The summed E-state index contributed by atoms with van der Waals surface area (Å²) in [6, 6.07) is -0.554. The molecule has 0 bridgehead atoms. The number of nitrogens with zero attached hydrogens (tertiary/aromatic N) is 1. The predicted octanol–water partition coefficient (Wildman–Crippen LogP) is -0.293. The second kappa shape index (κ2) is 7.04. The molecule has 0 spiro atoms. The van der Waals surface area contributed by atoms with Crippen molar-refractivity contribution in [2.45, 2.75) is 39.7 Å². The molecule has 1 aliphatic rings. The van der Waals surface area contributed by atoms with Gasteiger partial charge in [0.15, 0.2) is 0 Å². The van der Waals surface area contributed by atoms with E-state index in [0.717, 1.165) is 12.8 Å². The van der Waals surface area contributed by atoms with Crippen molar-refractivity contribution in [3.8, 4) is 0 Å². The summed E-state index contributed by atoms with van der Waals surface area (Å²) < 4.78 is 0. The fourth-order valence-electron chi connectivity index (χ4n) is 2.28. The lowest BCUT2D eigenvalue weighted by molar-refractivity contribution is -0.138. The van der Waals surface area contributed by atoms with Crippen LogP contribution < -0.4 is 11.1 Å². The van der Waals surface area contributed by atoms with Gasteiger partial charge in [0.25, 0.3) is 0 Å². The number of rotatable bonds is 4. The van der Waals surface area contributed by atoms with Gasteiger partial charge in [-0.3, -0.25) is 9.59 Å². The number of piperidine rings is 1. The van der Waals surface area contributed by atoms with Crippen LogP contribution in [0.4, 0.5) is 0 Å². The highest BCUT2D eigenvalue weighted by Gasteiger charge is 2.34. The first kappa shape index (κ1) is 16.9. The van der Waals surface area contributed by atoms with Crippen molar-refractivity contribution >= 4 is 11.8 Å². The molecule has 0 aromatic heterocycles. The SMILES string of the molecule is CC(C)(C)C(N)C(=O)N1CCCC(C(=O)NCCO)C1. The van der Waals surface area contributed by atoms with E-state index in [1.54, 1.807) is 4.90 Å². The third-order valence-corrected chi connectivity index (χ3v) is 3.71. The van der Waals surface area contributed by atoms with Crippen LogP contribution in [0.1, 0.15) is 33.6 Å². The van der Waals surface area contributed by atoms with Crippen LogP contribution in [0.2, 0.25) is 0 Å². The normalized spacial score (nSPS) is 21.4. The second-order valence-electron chi connectivity index (χ2n) is 6.48. The first-order chi connectivity index (χ1) is 9.27. The van der Waals surface area contributed by atoms with Gasteiger partial charge in [0, 0.05) is 19.6 Å². The van der Waals surface area contributed by atoms with Gasteiger partial charge < -0.3 is 21.1 Å². The van der Waals surface area contributed by atoms with Crippen LogP contribution >= 0.6 is 0 Å². The topological polar surface area (TPSA) is 95.7 Å². The Bertz CT molecular complexity index is 352. The Hall–Kier alpha value is -1.14. The number of hydrogen-bond donors (Lipinski definition) is 3. The molecule has 0 aromatic rings. The number of nitrogens with one attached hydrogen (secondary N) is 1. The fourth-order valence-corrected chi connectivity index (χ4v) is 2.28. The summed E-state index contributed by atoms with van der Waals surface area (Å²) in [5.41, 5.74) is 5.71.